The van der Waals surface area contributed by atoms with Crippen molar-refractivity contribution < 1.29 is 4.39 Å². The number of aromatic nitrogens is 2. The van der Waals surface area contributed by atoms with Crippen LogP contribution in [-0.2, 0) is 5.88 Å². The second-order valence-corrected chi connectivity index (χ2v) is 4.24. The zero-order chi connectivity index (χ0) is 12.5. The van der Waals surface area contributed by atoms with Crippen LogP contribution in [0.4, 0.5) is 4.39 Å². The molecule has 0 aliphatic heterocycles. The smallest absolute Gasteiger partial charge is 0.137 e. The molecule has 19 heavy (non-hydrogen) atoms. The maximum atomic E-state index is 12.9. The molecule has 0 bridgehead atoms. The van der Waals surface area contributed by atoms with Crippen LogP contribution in [-0.4, -0.2) is 9.38 Å². The number of halogens is 3. The van der Waals surface area contributed by atoms with Crippen molar-refractivity contribution in [3.8, 4) is 11.3 Å². The van der Waals surface area contributed by atoms with Crippen molar-refractivity contribution in [1.82, 2.24) is 9.38 Å². The van der Waals surface area contributed by atoms with Crippen molar-refractivity contribution >= 4 is 29.7 Å². The quantitative estimate of drug-likeness (QED) is 0.645. The molecule has 0 radical (unpaired) electrons. The zero-order valence-corrected chi connectivity index (χ0v) is 11.5. The van der Waals surface area contributed by atoms with Crippen LogP contribution in [0, 0.1) is 5.82 Å². The Morgan fingerprint density at radius 1 is 1.11 bits per heavy atom. The van der Waals surface area contributed by atoms with Crippen molar-refractivity contribution in [1.29, 1.82) is 0 Å². The molecule has 98 valence electrons. The molecule has 5 heteroatoms. The SMILES string of the molecule is Cl.Fc1ccc(-c2nc3ccccn3c2CCl)cc1. The summed E-state index contributed by atoms with van der Waals surface area (Å²) >= 11 is 6.00. The van der Waals surface area contributed by atoms with E-state index in [9.17, 15) is 4.39 Å². The number of fused-ring (bicyclic) bond motifs is 1. The molecule has 0 unspecified atom stereocenters. The molecule has 2 nitrogen and oxygen atoms in total. The number of hydrogen-bond acceptors (Lipinski definition) is 1. The van der Waals surface area contributed by atoms with Crippen LogP contribution < -0.4 is 0 Å². The Morgan fingerprint density at radius 3 is 2.53 bits per heavy atom. The van der Waals surface area contributed by atoms with Gasteiger partial charge in [0.15, 0.2) is 0 Å². The molecule has 1 aromatic carbocycles. The summed E-state index contributed by atoms with van der Waals surface area (Å²) in [4.78, 5) is 4.54. The van der Waals surface area contributed by atoms with Gasteiger partial charge in [0.1, 0.15) is 11.5 Å². The Balaban J connectivity index is 0.00000133. The third kappa shape index (κ3) is 2.44. The summed E-state index contributed by atoms with van der Waals surface area (Å²) < 4.78 is 14.9. The monoisotopic (exact) mass is 296 g/mol. The fourth-order valence-electron chi connectivity index (χ4n) is 2.01. The van der Waals surface area contributed by atoms with Crippen LogP contribution in [0.25, 0.3) is 16.9 Å². The molecule has 0 aliphatic rings. The van der Waals surface area contributed by atoms with Crippen LogP contribution >= 0.6 is 24.0 Å². The summed E-state index contributed by atoms with van der Waals surface area (Å²) in [5.41, 5.74) is 3.43. The highest BCUT2D eigenvalue weighted by atomic mass is 35.5. The second kappa shape index (κ2) is 5.59. The number of alkyl halides is 1. The molecule has 3 aromatic rings. The maximum absolute atomic E-state index is 12.9. The third-order valence-corrected chi connectivity index (χ3v) is 3.13. The van der Waals surface area contributed by atoms with Gasteiger partial charge in [-0.2, -0.15) is 0 Å². The van der Waals surface area contributed by atoms with Gasteiger partial charge in [-0.3, -0.25) is 0 Å². The first kappa shape index (κ1) is 13.8. The highest BCUT2D eigenvalue weighted by Crippen LogP contribution is 2.25. The summed E-state index contributed by atoms with van der Waals surface area (Å²) in [7, 11) is 0. The predicted molar refractivity (Wildman–Crippen MR) is 77.4 cm³/mol. The minimum atomic E-state index is -0.255. The Kier molecular flexibility index (Phi) is 4.08. The Hall–Kier alpha value is -1.58. The lowest BCUT2D eigenvalue weighted by atomic mass is 10.1. The Morgan fingerprint density at radius 2 is 1.84 bits per heavy atom. The molecule has 0 N–H and O–H groups in total. The standard InChI is InChI=1S/C14H10ClFN2.ClH/c15-9-12-14(10-4-6-11(16)7-5-10)17-13-3-1-2-8-18(12)13;/h1-8H,9H2;1H. The van der Waals surface area contributed by atoms with Crippen LogP contribution in [0.2, 0.25) is 0 Å². The zero-order valence-electron chi connectivity index (χ0n) is 9.88. The first-order valence-corrected chi connectivity index (χ1v) is 6.11. The molecule has 0 saturated carbocycles. The lowest BCUT2D eigenvalue weighted by Crippen LogP contribution is -1.90. The number of hydrogen-bond donors (Lipinski definition) is 0. The number of imidazole rings is 1. The average Bonchev–Trinajstić information content (AvgIpc) is 2.78. The van der Waals surface area contributed by atoms with Gasteiger partial charge in [-0.1, -0.05) is 6.07 Å². The summed E-state index contributed by atoms with van der Waals surface area (Å²) in [6, 6.07) is 12.1. The highest BCUT2D eigenvalue weighted by Gasteiger charge is 2.12. The van der Waals surface area contributed by atoms with E-state index in [0.717, 1.165) is 22.6 Å². The van der Waals surface area contributed by atoms with E-state index < -0.39 is 0 Å². The van der Waals surface area contributed by atoms with Gasteiger partial charge in [0.2, 0.25) is 0 Å². The molecule has 2 aromatic heterocycles. The topological polar surface area (TPSA) is 17.3 Å². The molecular formula is C14H11Cl2FN2. The summed E-state index contributed by atoms with van der Waals surface area (Å²) in [6.45, 7) is 0. The van der Waals surface area contributed by atoms with Crippen molar-refractivity contribution in [2.75, 3.05) is 0 Å². The first-order chi connectivity index (χ1) is 8.79. The van der Waals surface area contributed by atoms with Gasteiger partial charge in [0, 0.05) is 11.8 Å². The van der Waals surface area contributed by atoms with Crippen LogP contribution in [0.15, 0.2) is 48.7 Å². The highest BCUT2D eigenvalue weighted by molar-refractivity contribution is 6.17. The number of benzene rings is 1. The minimum absolute atomic E-state index is 0. The second-order valence-electron chi connectivity index (χ2n) is 3.98. The van der Waals surface area contributed by atoms with Gasteiger partial charge < -0.3 is 4.40 Å². The van der Waals surface area contributed by atoms with E-state index in [0.29, 0.717) is 5.88 Å². The normalized spacial score (nSPS) is 10.4. The number of pyridine rings is 1. The van der Waals surface area contributed by atoms with E-state index in [4.69, 9.17) is 11.6 Å². The molecule has 3 rings (SSSR count). The van der Waals surface area contributed by atoms with Gasteiger partial charge in [0.05, 0.1) is 17.3 Å². The fraction of sp³-hybridized carbons (Fsp3) is 0.0714. The molecule has 0 amide bonds. The first-order valence-electron chi connectivity index (χ1n) is 5.57. The predicted octanol–water partition coefficient (Wildman–Crippen LogP) is 4.30. The van der Waals surface area contributed by atoms with Crippen molar-refractivity contribution in [2.45, 2.75) is 5.88 Å². The summed E-state index contributed by atoms with van der Waals surface area (Å²) in [5.74, 6) is 0.104. The third-order valence-electron chi connectivity index (χ3n) is 2.87. The maximum Gasteiger partial charge on any atom is 0.137 e. The van der Waals surface area contributed by atoms with Crippen molar-refractivity contribution in [3.63, 3.8) is 0 Å². The Bertz CT molecular complexity index is 692. The van der Waals surface area contributed by atoms with Crippen LogP contribution in [0.3, 0.4) is 0 Å². The summed E-state index contributed by atoms with van der Waals surface area (Å²) in [5, 5.41) is 0. The average molecular weight is 297 g/mol. The van der Waals surface area contributed by atoms with Gasteiger partial charge >= 0.3 is 0 Å². The van der Waals surface area contributed by atoms with Crippen molar-refractivity contribution in [3.05, 3.63) is 60.2 Å². The molecule has 0 saturated heterocycles. The van der Waals surface area contributed by atoms with E-state index >= 15 is 0 Å². The van der Waals surface area contributed by atoms with Gasteiger partial charge in [-0.15, -0.1) is 24.0 Å². The molecule has 0 spiro atoms. The molecule has 0 aliphatic carbocycles. The van der Waals surface area contributed by atoms with E-state index in [-0.39, 0.29) is 18.2 Å². The number of rotatable bonds is 2. The number of nitrogens with zero attached hydrogens (tertiary/aromatic N) is 2. The Labute approximate surface area is 121 Å². The summed E-state index contributed by atoms with van der Waals surface area (Å²) in [6.07, 6.45) is 1.92. The largest absolute Gasteiger partial charge is 0.302 e. The van der Waals surface area contributed by atoms with Crippen LogP contribution in [0.1, 0.15) is 5.69 Å². The van der Waals surface area contributed by atoms with E-state index in [1.54, 1.807) is 12.1 Å². The lowest BCUT2D eigenvalue weighted by molar-refractivity contribution is 0.628. The van der Waals surface area contributed by atoms with Gasteiger partial charge in [0.25, 0.3) is 0 Å². The minimum Gasteiger partial charge on any atom is -0.302 e. The van der Waals surface area contributed by atoms with Gasteiger partial charge in [-0.25, -0.2) is 9.37 Å². The molecular weight excluding hydrogens is 286 g/mol. The van der Waals surface area contributed by atoms with Crippen LogP contribution in [0.5, 0.6) is 0 Å². The van der Waals surface area contributed by atoms with Crippen molar-refractivity contribution in [2.24, 2.45) is 0 Å². The fourth-order valence-corrected chi connectivity index (χ4v) is 2.27. The molecule has 0 atom stereocenters. The molecule has 0 fully saturated rings. The van der Waals surface area contributed by atoms with E-state index in [1.807, 2.05) is 28.8 Å². The van der Waals surface area contributed by atoms with E-state index in [2.05, 4.69) is 4.98 Å². The lowest BCUT2D eigenvalue weighted by Gasteiger charge is -2.01. The molecule has 2 heterocycles. The van der Waals surface area contributed by atoms with E-state index in [1.165, 1.54) is 12.1 Å². The van der Waals surface area contributed by atoms with Gasteiger partial charge in [-0.05, 0) is 36.4 Å².